The van der Waals surface area contributed by atoms with Gasteiger partial charge in [-0.25, -0.2) is 4.39 Å². The van der Waals surface area contributed by atoms with Crippen LogP contribution in [-0.4, -0.2) is 6.67 Å². The smallest absolute Gasteiger partial charge is 0.172 e. The van der Waals surface area contributed by atoms with Crippen molar-refractivity contribution in [3.05, 3.63) is 18.1 Å². The second kappa shape index (κ2) is 2.61. The maximum atomic E-state index is 11.2. The molecular weight excluding hydrogens is 86.0 g/mol. The molecule has 0 N–H and O–H groups in total. The fraction of sp³-hybridized carbons (Fsp3) is 0.250. The summed E-state index contributed by atoms with van der Waals surface area (Å²) < 4.78 is 22.1. The molecule has 0 spiro atoms. The van der Waals surface area contributed by atoms with Crippen molar-refractivity contribution in [1.82, 2.24) is 0 Å². The van der Waals surface area contributed by atoms with Crippen molar-refractivity contribution in [1.29, 1.82) is 0 Å². The summed E-state index contributed by atoms with van der Waals surface area (Å²) in [6, 6.07) is 0. The molecule has 0 fully saturated rings. The lowest BCUT2D eigenvalue weighted by atomic mass is 10.6. The van der Waals surface area contributed by atoms with Gasteiger partial charge in [0.25, 0.3) is 0 Å². The number of rotatable bonds is 1. The molecule has 0 bridgehead atoms. The van der Waals surface area contributed by atoms with Crippen molar-refractivity contribution < 1.29 is 8.78 Å². The molecule has 0 saturated heterocycles. The molecule has 0 aliphatic rings. The lowest BCUT2D eigenvalue weighted by molar-refractivity contribution is 0.461. The first kappa shape index (κ1) is 5.38. The molecule has 0 nitrogen and oxygen atoms in total. The van der Waals surface area contributed by atoms with Crippen molar-refractivity contribution >= 4 is 0 Å². The van der Waals surface area contributed by atoms with Crippen LogP contribution in [0.3, 0.4) is 0 Å². The van der Waals surface area contributed by atoms with Gasteiger partial charge in [-0.3, -0.25) is 0 Å². The van der Waals surface area contributed by atoms with E-state index in [1.807, 2.05) is 0 Å². The highest BCUT2D eigenvalue weighted by atomic mass is 19.2. The van der Waals surface area contributed by atoms with E-state index in [0.717, 1.165) is 0 Å². The summed E-state index contributed by atoms with van der Waals surface area (Å²) in [7, 11) is 0. The molecule has 0 aromatic carbocycles. The molecule has 2 heteroatoms. The third-order valence-electron chi connectivity index (χ3n) is 0.309. The topological polar surface area (TPSA) is 0 Å². The van der Waals surface area contributed by atoms with E-state index in [0.29, 0.717) is 0 Å². The maximum Gasteiger partial charge on any atom is 0.172 e. The van der Waals surface area contributed by atoms with Crippen molar-refractivity contribution in [2.75, 3.05) is 6.67 Å². The summed E-state index contributed by atoms with van der Waals surface area (Å²) in [6.45, 7) is 1.76. The Morgan fingerprint density at radius 2 is 2.33 bits per heavy atom. The number of hydrogen-bond acceptors (Lipinski definition) is 0. The van der Waals surface area contributed by atoms with Gasteiger partial charge in [0.05, 0.1) is 0 Å². The maximum absolute atomic E-state index is 11.2. The number of hydrogen-bond donors (Lipinski definition) is 0. The molecular formula is C4H4F2. The average Bonchev–Trinajstić information content (AvgIpc) is 1.65. The molecule has 0 aromatic rings. The van der Waals surface area contributed by atoms with Crippen LogP contribution in [0.2, 0.25) is 0 Å². The van der Waals surface area contributed by atoms with Crippen molar-refractivity contribution in [3.63, 3.8) is 0 Å². The lowest BCUT2D eigenvalue weighted by Crippen LogP contribution is -1.66. The number of alkyl halides is 1. The first-order chi connectivity index (χ1) is 2.81. The molecule has 0 atom stereocenters. The summed E-state index contributed by atoms with van der Waals surface area (Å²) in [5, 5.41) is 0. The quantitative estimate of drug-likeness (QED) is 0.429. The molecule has 6 heavy (non-hydrogen) atoms. The summed E-state index contributed by atoms with van der Waals surface area (Å²) in [5.74, 6) is -0.935. The first-order valence-electron chi connectivity index (χ1n) is 1.41. The lowest BCUT2D eigenvalue weighted by Gasteiger charge is -1.71. The highest BCUT2D eigenvalue weighted by molar-refractivity contribution is 4.85. The van der Waals surface area contributed by atoms with E-state index in [1.165, 1.54) is 0 Å². The third kappa shape index (κ3) is 1.68. The Kier molecular flexibility index (Phi) is 2.34. The van der Waals surface area contributed by atoms with E-state index < -0.39 is 12.5 Å². The van der Waals surface area contributed by atoms with E-state index in [9.17, 15) is 8.78 Å². The van der Waals surface area contributed by atoms with Gasteiger partial charge in [-0.1, -0.05) is 12.3 Å². The minimum Gasteiger partial charge on any atom is -0.243 e. The Morgan fingerprint density at radius 1 is 1.83 bits per heavy atom. The molecule has 0 amide bonds. The summed E-state index contributed by atoms with van der Waals surface area (Å²) >= 11 is 0. The molecule has 0 unspecified atom stereocenters. The Labute approximate surface area is 34.8 Å². The molecule has 34 valence electrons. The fourth-order valence-electron chi connectivity index (χ4n) is 0.0472. The molecule has 0 aliphatic carbocycles. The molecule has 0 aromatic heterocycles. The van der Waals surface area contributed by atoms with Gasteiger partial charge in [-0.15, -0.1) is 0 Å². The molecule has 0 heterocycles. The van der Waals surface area contributed by atoms with E-state index >= 15 is 0 Å². The van der Waals surface area contributed by atoms with Crippen LogP contribution in [0.15, 0.2) is 18.1 Å². The van der Waals surface area contributed by atoms with Crippen LogP contribution in [-0.2, 0) is 0 Å². The monoisotopic (exact) mass is 90.0 g/mol. The second-order valence-corrected chi connectivity index (χ2v) is 0.715. The highest BCUT2D eigenvalue weighted by Crippen LogP contribution is 1.89. The predicted molar refractivity (Wildman–Crippen MR) is 19.7 cm³/mol. The van der Waals surface area contributed by atoms with Crippen LogP contribution < -0.4 is 0 Å². The summed E-state index contributed by atoms with van der Waals surface area (Å²) in [4.78, 5) is 0. The molecule has 0 saturated carbocycles. The van der Waals surface area contributed by atoms with Crippen LogP contribution in [0.1, 0.15) is 0 Å². The number of halogens is 2. The van der Waals surface area contributed by atoms with Crippen molar-refractivity contribution in [3.8, 4) is 0 Å². The Bertz CT molecular complexity index is 79.5. The summed E-state index contributed by atoms with van der Waals surface area (Å²) in [5.41, 5.74) is 1.74. The van der Waals surface area contributed by atoms with Gasteiger partial charge in [0, 0.05) is 0 Å². The van der Waals surface area contributed by atoms with Crippen LogP contribution in [0, 0.1) is 0 Å². The van der Waals surface area contributed by atoms with E-state index in [4.69, 9.17) is 0 Å². The Hall–Kier alpha value is -0.620. The predicted octanol–water partition coefficient (Wildman–Crippen LogP) is 1.59. The van der Waals surface area contributed by atoms with Gasteiger partial charge in [0.2, 0.25) is 0 Å². The van der Waals surface area contributed by atoms with Crippen molar-refractivity contribution in [2.24, 2.45) is 0 Å². The van der Waals surface area contributed by atoms with Crippen LogP contribution >= 0.6 is 0 Å². The fourth-order valence-corrected chi connectivity index (χ4v) is 0.0472. The molecule has 0 radical (unpaired) electrons. The standard InChI is InChI=1S/C4H4F2/c1-2-4(6)3-5/h1,3H2. The zero-order chi connectivity index (χ0) is 4.99. The van der Waals surface area contributed by atoms with Gasteiger partial charge in [-0.2, -0.15) is 4.39 Å². The SMILES string of the molecule is C=C=C(F)CF. The van der Waals surface area contributed by atoms with Crippen LogP contribution in [0.25, 0.3) is 0 Å². The minimum atomic E-state index is -1.09. The van der Waals surface area contributed by atoms with E-state index in [2.05, 4.69) is 6.58 Å². The van der Waals surface area contributed by atoms with E-state index in [1.54, 1.807) is 5.73 Å². The largest absolute Gasteiger partial charge is 0.243 e. The first-order valence-corrected chi connectivity index (χ1v) is 1.41. The van der Waals surface area contributed by atoms with Gasteiger partial charge < -0.3 is 0 Å². The molecule has 0 aliphatic heterocycles. The van der Waals surface area contributed by atoms with Gasteiger partial charge >= 0.3 is 0 Å². The van der Waals surface area contributed by atoms with E-state index in [-0.39, 0.29) is 0 Å². The third-order valence-corrected chi connectivity index (χ3v) is 0.309. The molecule has 0 rings (SSSR count). The summed E-state index contributed by atoms with van der Waals surface area (Å²) in [6.07, 6.45) is 0. The normalized spacial score (nSPS) is 7.00. The van der Waals surface area contributed by atoms with Crippen LogP contribution in [0.4, 0.5) is 8.78 Å². The van der Waals surface area contributed by atoms with Gasteiger partial charge in [0.1, 0.15) is 6.67 Å². The second-order valence-electron chi connectivity index (χ2n) is 0.715. The Morgan fingerprint density at radius 3 is 2.33 bits per heavy atom. The highest BCUT2D eigenvalue weighted by Gasteiger charge is 1.82. The minimum absolute atomic E-state index is 0.935. The van der Waals surface area contributed by atoms with Gasteiger partial charge in [-0.05, 0) is 0 Å². The van der Waals surface area contributed by atoms with Gasteiger partial charge in [0.15, 0.2) is 5.83 Å². The zero-order valence-corrected chi connectivity index (χ0v) is 3.17. The van der Waals surface area contributed by atoms with Crippen molar-refractivity contribution in [2.45, 2.75) is 0 Å². The zero-order valence-electron chi connectivity index (χ0n) is 3.17. The average molecular weight is 90.1 g/mol. The van der Waals surface area contributed by atoms with Crippen LogP contribution in [0.5, 0.6) is 0 Å². The number of allylic oxidation sites excluding steroid dienone is 1. The Balaban J connectivity index is 3.52.